The number of carboxylic acid groups (broad SMARTS) is 1. The number of β-amino-alcohol motifs (C(OH)–C–C–N with tert-alkyl or cyclic N) is 1. The number of aromatic carboxylic acids is 1. The van der Waals surface area contributed by atoms with Gasteiger partial charge in [-0.3, -0.25) is 0 Å². The topological polar surface area (TPSA) is 103 Å². The molecule has 0 aliphatic carbocycles. The molecule has 0 saturated carbocycles. The van der Waals surface area contributed by atoms with Crippen LogP contribution in [0.1, 0.15) is 35.8 Å². The van der Waals surface area contributed by atoms with Crippen molar-refractivity contribution < 1.29 is 19.8 Å². The highest BCUT2D eigenvalue weighted by atomic mass is 16.4. The number of nitrogens with zero attached hydrogens (tertiary/aromatic N) is 2. The second kappa shape index (κ2) is 6.09. The van der Waals surface area contributed by atoms with Gasteiger partial charge < -0.3 is 20.4 Å². The van der Waals surface area contributed by atoms with E-state index >= 15 is 0 Å². The van der Waals surface area contributed by atoms with E-state index in [1.807, 2.05) is 0 Å². The summed E-state index contributed by atoms with van der Waals surface area (Å²) in [7, 11) is 0. The molecular weight excluding hydrogens is 274 g/mol. The molecule has 7 heteroatoms. The van der Waals surface area contributed by atoms with Gasteiger partial charge in [-0.25, -0.2) is 14.6 Å². The molecule has 1 aliphatic heterocycles. The molecule has 1 aromatic rings. The number of urea groups is 1. The van der Waals surface area contributed by atoms with Crippen LogP contribution in [0.3, 0.4) is 0 Å². The van der Waals surface area contributed by atoms with E-state index in [2.05, 4.69) is 10.3 Å². The molecule has 0 aromatic carbocycles. The molecule has 3 N–H and O–H groups in total. The Kier molecular flexibility index (Phi) is 4.42. The summed E-state index contributed by atoms with van der Waals surface area (Å²) in [6, 6.07) is 2.77. The molecule has 1 aliphatic rings. The smallest absolute Gasteiger partial charge is 0.354 e. The number of rotatable bonds is 3. The normalized spacial score (nSPS) is 21.9. The Balaban J connectivity index is 1.87. The molecule has 7 nitrogen and oxygen atoms in total. The average Bonchev–Trinajstić information content (AvgIpc) is 2.44. The van der Waals surface area contributed by atoms with E-state index in [1.54, 1.807) is 17.9 Å². The van der Waals surface area contributed by atoms with Gasteiger partial charge in [-0.2, -0.15) is 0 Å². The number of carboxylic acids is 1. The standard InChI is InChI=1S/C14H19N3O4/c1-14(21)5-2-6-17(9-14)13(20)16-8-10-3-4-11(12(18)19)15-7-10/h3-4,7,21H,2,5-6,8-9H2,1H3,(H,16,20)(H,18,19). The predicted octanol–water partition coefficient (Wildman–Crippen LogP) is 0.836. The fraction of sp³-hybridized carbons (Fsp3) is 0.500. The number of aromatic nitrogens is 1. The summed E-state index contributed by atoms with van der Waals surface area (Å²) in [6.07, 6.45) is 2.89. The van der Waals surface area contributed by atoms with Crippen LogP contribution in [-0.4, -0.2) is 50.8 Å². The Morgan fingerprint density at radius 1 is 1.48 bits per heavy atom. The minimum atomic E-state index is -1.08. The molecule has 0 radical (unpaired) electrons. The summed E-state index contributed by atoms with van der Waals surface area (Å²) >= 11 is 0. The Labute approximate surface area is 122 Å². The third-order valence-electron chi connectivity index (χ3n) is 3.45. The second-order valence-electron chi connectivity index (χ2n) is 5.54. The molecule has 2 rings (SSSR count). The molecule has 1 unspecified atom stereocenters. The van der Waals surface area contributed by atoms with Gasteiger partial charge >= 0.3 is 12.0 Å². The number of hydrogen-bond donors (Lipinski definition) is 3. The van der Waals surface area contributed by atoms with E-state index < -0.39 is 11.6 Å². The van der Waals surface area contributed by atoms with E-state index in [1.165, 1.54) is 12.3 Å². The van der Waals surface area contributed by atoms with Gasteiger partial charge in [-0.15, -0.1) is 0 Å². The highest BCUT2D eigenvalue weighted by molar-refractivity contribution is 5.85. The molecule has 21 heavy (non-hydrogen) atoms. The Hall–Kier alpha value is -2.15. The van der Waals surface area contributed by atoms with Crippen molar-refractivity contribution in [3.05, 3.63) is 29.6 Å². The number of aliphatic hydroxyl groups is 1. The molecule has 0 spiro atoms. The monoisotopic (exact) mass is 293 g/mol. The third kappa shape index (κ3) is 4.16. The number of likely N-dealkylation sites (tertiary alicyclic amines) is 1. The summed E-state index contributed by atoms with van der Waals surface area (Å²) < 4.78 is 0. The zero-order chi connectivity index (χ0) is 15.5. The summed E-state index contributed by atoms with van der Waals surface area (Å²) in [5.74, 6) is -1.08. The number of hydrogen-bond acceptors (Lipinski definition) is 4. The van der Waals surface area contributed by atoms with Crippen molar-refractivity contribution in [1.82, 2.24) is 15.2 Å². The highest BCUT2D eigenvalue weighted by Gasteiger charge is 2.30. The van der Waals surface area contributed by atoms with Gasteiger partial charge in [0.25, 0.3) is 0 Å². The largest absolute Gasteiger partial charge is 0.477 e. The fourth-order valence-electron chi connectivity index (χ4n) is 2.34. The SMILES string of the molecule is CC1(O)CCCN(C(=O)NCc2ccc(C(=O)O)nc2)C1. The van der Waals surface area contributed by atoms with Crippen molar-refractivity contribution in [3.63, 3.8) is 0 Å². The lowest BCUT2D eigenvalue weighted by molar-refractivity contribution is -0.00253. The van der Waals surface area contributed by atoms with Crippen molar-refractivity contribution in [2.24, 2.45) is 0 Å². The van der Waals surface area contributed by atoms with E-state index in [0.717, 1.165) is 12.0 Å². The Morgan fingerprint density at radius 2 is 2.24 bits per heavy atom. The van der Waals surface area contributed by atoms with Crippen LogP contribution >= 0.6 is 0 Å². The van der Waals surface area contributed by atoms with Crippen LogP contribution in [0, 0.1) is 0 Å². The van der Waals surface area contributed by atoms with Crippen LogP contribution in [0.4, 0.5) is 4.79 Å². The third-order valence-corrected chi connectivity index (χ3v) is 3.45. The van der Waals surface area contributed by atoms with Crippen molar-refractivity contribution in [1.29, 1.82) is 0 Å². The molecular formula is C14H19N3O4. The van der Waals surface area contributed by atoms with Gasteiger partial charge in [0.1, 0.15) is 5.69 Å². The first-order chi connectivity index (χ1) is 9.87. The molecule has 114 valence electrons. The molecule has 1 saturated heterocycles. The van der Waals surface area contributed by atoms with Gasteiger partial charge in [0, 0.05) is 19.3 Å². The van der Waals surface area contributed by atoms with Crippen LogP contribution in [0.25, 0.3) is 0 Å². The minimum absolute atomic E-state index is 0.0304. The lowest BCUT2D eigenvalue weighted by atomic mass is 9.95. The molecule has 1 fully saturated rings. The van der Waals surface area contributed by atoms with Crippen LogP contribution in [-0.2, 0) is 6.54 Å². The summed E-state index contributed by atoms with van der Waals surface area (Å²) in [5.41, 5.74) is -0.144. The van der Waals surface area contributed by atoms with Crippen LogP contribution in [0.15, 0.2) is 18.3 Å². The number of nitrogens with one attached hydrogen (secondary N) is 1. The maximum atomic E-state index is 12.0. The van der Waals surface area contributed by atoms with Crippen molar-refractivity contribution in [3.8, 4) is 0 Å². The van der Waals surface area contributed by atoms with Crippen LogP contribution < -0.4 is 5.32 Å². The van der Waals surface area contributed by atoms with Gasteiger partial charge in [-0.05, 0) is 31.4 Å². The van der Waals surface area contributed by atoms with Gasteiger partial charge in [0.2, 0.25) is 0 Å². The Morgan fingerprint density at radius 3 is 2.81 bits per heavy atom. The average molecular weight is 293 g/mol. The van der Waals surface area contributed by atoms with E-state index in [-0.39, 0.29) is 18.3 Å². The van der Waals surface area contributed by atoms with Gasteiger partial charge in [-0.1, -0.05) is 6.07 Å². The number of carbonyl (C=O) groups is 2. The van der Waals surface area contributed by atoms with E-state index in [4.69, 9.17) is 5.11 Å². The molecule has 0 bridgehead atoms. The summed E-state index contributed by atoms with van der Waals surface area (Å²) in [6.45, 7) is 2.93. The van der Waals surface area contributed by atoms with Gasteiger partial charge in [0.05, 0.1) is 12.1 Å². The summed E-state index contributed by atoms with van der Waals surface area (Å²) in [4.78, 5) is 28.1. The number of pyridine rings is 1. The van der Waals surface area contributed by atoms with Crippen LogP contribution in [0.5, 0.6) is 0 Å². The van der Waals surface area contributed by atoms with Gasteiger partial charge in [0.15, 0.2) is 0 Å². The van der Waals surface area contributed by atoms with E-state index in [0.29, 0.717) is 19.5 Å². The minimum Gasteiger partial charge on any atom is -0.477 e. The lowest BCUT2D eigenvalue weighted by Crippen LogP contribution is -2.51. The van der Waals surface area contributed by atoms with E-state index in [9.17, 15) is 14.7 Å². The quantitative estimate of drug-likeness (QED) is 0.766. The number of amides is 2. The molecule has 2 heterocycles. The highest BCUT2D eigenvalue weighted by Crippen LogP contribution is 2.20. The fourth-order valence-corrected chi connectivity index (χ4v) is 2.34. The van der Waals surface area contributed by atoms with Crippen LogP contribution in [0.2, 0.25) is 0 Å². The number of piperidine rings is 1. The number of carbonyl (C=O) groups excluding carboxylic acids is 1. The zero-order valence-electron chi connectivity index (χ0n) is 11.9. The van der Waals surface area contributed by atoms with Crippen molar-refractivity contribution >= 4 is 12.0 Å². The first-order valence-electron chi connectivity index (χ1n) is 6.81. The maximum Gasteiger partial charge on any atom is 0.354 e. The molecule has 2 amide bonds. The Bertz CT molecular complexity index is 528. The first-order valence-corrected chi connectivity index (χ1v) is 6.81. The molecule has 1 aromatic heterocycles. The lowest BCUT2D eigenvalue weighted by Gasteiger charge is -2.36. The zero-order valence-corrected chi connectivity index (χ0v) is 11.9. The first kappa shape index (κ1) is 15.2. The molecule has 1 atom stereocenters. The summed E-state index contributed by atoms with van der Waals surface area (Å²) in [5, 5.41) is 21.5. The van der Waals surface area contributed by atoms with Crippen molar-refractivity contribution in [2.75, 3.05) is 13.1 Å². The second-order valence-corrected chi connectivity index (χ2v) is 5.54. The predicted molar refractivity (Wildman–Crippen MR) is 74.9 cm³/mol. The maximum absolute atomic E-state index is 12.0. The van der Waals surface area contributed by atoms with Crippen molar-refractivity contribution in [2.45, 2.75) is 31.9 Å².